The van der Waals surface area contributed by atoms with E-state index in [1.54, 1.807) is 6.20 Å². The van der Waals surface area contributed by atoms with Crippen molar-refractivity contribution in [1.29, 1.82) is 0 Å². The first kappa shape index (κ1) is 23.4. The van der Waals surface area contributed by atoms with E-state index >= 15 is 0 Å². The highest BCUT2D eigenvalue weighted by Gasteiger charge is 2.18. The van der Waals surface area contributed by atoms with Crippen molar-refractivity contribution in [2.24, 2.45) is 0 Å². The van der Waals surface area contributed by atoms with Gasteiger partial charge in [-0.2, -0.15) is 5.10 Å². The second kappa shape index (κ2) is 10.9. The molecule has 7 nitrogen and oxygen atoms in total. The van der Waals surface area contributed by atoms with Crippen molar-refractivity contribution in [3.8, 4) is 17.0 Å². The molecule has 7 heteroatoms. The van der Waals surface area contributed by atoms with Crippen molar-refractivity contribution in [2.75, 3.05) is 31.6 Å². The standard InChI is InChI=1S/C27H31N5O2/c1-4-31(5-2)16-17-34-25-15-11-10-14-23(25)30-27(33)21-18-24(20-12-8-7-9-13-20)29-26-22(21)19-28-32(26)6-3/h7-15,18-19H,4-6,16-17H2,1-3H3,(H,30,33). The third-order valence-electron chi connectivity index (χ3n) is 5.92. The molecule has 0 unspecified atom stereocenters. The first-order valence-corrected chi connectivity index (χ1v) is 11.8. The van der Waals surface area contributed by atoms with E-state index in [0.29, 0.717) is 35.8 Å². The molecule has 34 heavy (non-hydrogen) atoms. The number of pyridine rings is 1. The molecular formula is C27H31N5O2. The number of nitrogens with zero attached hydrogens (tertiary/aromatic N) is 4. The number of rotatable bonds is 10. The summed E-state index contributed by atoms with van der Waals surface area (Å²) in [6.07, 6.45) is 1.71. The molecule has 0 aliphatic rings. The smallest absolute Gasteiger partial charge is 0.256 e. The number of amides is 1. The van der Waals surface area contributed by atoms with E-state index in [2.05, 4.69) is 29.2 Å². The topological polar surface area (TPSA) is 72.3 Å². The van der Waals surface area contributed by atoms with E-state index in [1.807, 2.05) is 72.3 Å². The van der Waals surface area contributed by atoms with Gasteiger partial charge in [-0.3, -0.25) is 4.79 Å². The van der Waals surface area contributed by atoms with Crippen molar-refractivity contribution < 1.29 is 9.53 Å². The molecule has 2 heterocycles. The lowest BCUT2D eigenvalue weighted by molar-refractivity contribution is 0.102. The Morgan fingerprint density at radius 1 is 1.03 bits per heavy atom. The molecule has 1 amide bonds. The number of anilines is 1. The Bertz CT molecular complexity index is 1250. The van der Waals surface area contributed by atoms with Gasteiger partial charge in [-0.05, 0) is 38.2 Å². The zero-order chi connectivity index (χ0) is 23.9. The highest BCUT2D eigenvalue weighted by Crippen LogP contribution is 2.28. The zero-order valence-corrected chi connectivity index (χ0v) is 20.0. The Balaban J connectivity index is 1.63. The van der Waals surface area contributed by atoms with Gasteiger partial charge in [0.25, 0.3) is 5.91 Å². The lowest BCUT2D eigenvalue weighted by atomic mass is 10.1. The Labute approximate surface area is 200 Å². The number of likely N-dealkylation sites (N-methyl/N-ethyl adjacent to an activating group) is 1. The summed E-state index contributed by atoms with van der Waals surface area (Å²) in [6, 6.07) is 19.2. The average Bonchev–Trinajstić information content (AvgIpc) is 3.30. The van der Waals surface area contributed by atoms with Gasteiger partial charge in [-0.25, -0.2) is 9.67 Å². The summed E-state index contributed by atoms with van der Waals surface area (Å²) in [6.45, 7) is 10.3. The molecule has 176 valence electrons. The predicted octanol–water partition coefficient (Wildman–Crippen LogP) is 5.09. The van der Waals surface area contributed by atoms with Crippen LogP contribution in [0.1, 0.15) is 31.1 Å². The van der Waals surface area contributed by atoms with Crippen LogP contribution >= 0.6 is 0 Å². The van der Waals surface area contributed by atoms with Crippen LogP contribution in [0, 0.1) is 0 Å². The van der Waals surface area contributed by atoms with Gasteiger partial charge in [0.05, 0.1) is 28.5 Å². The second-order valence-electron chi connectivity index (χ2n) is 7.94. The Morgan fingerprint density at radius 2 is 1.76 bits per heavy atom. The molecule has 0 aliphatic carbocycles. The van der Waals surface area contributed by atoms with Crippen molar-refractivity contribution in [2.45, 2.75) is 27.3 Å². The first-order chi connectivity index (χ1) is 16.6. The van der Waals surface area contributed by atoms with E-state index in [1.165, 1.54) is 0 Å². The third-order valence-corrected chi connectivity index (χ3v) is 5.92. The van der Waals surface area contributed by atoms with Crippen LogP contribution in [-0.4, -0.2) is 51.8 Å². The number of hydrogen-bond donors (Lipinski definition) is 1. The van der Waals surface area contributed by atoms with E-state index < -0.39 is 0 Å². The van der Waals surface area contributed by atoms with Crippen LogP contribution in [0.3, 0.4) is 0 Å². The van der Waals surface area contributed by atoms with Crippen LogP contribution in [-0.2, 0) is 6.54 Å². The molecule has 0 atom stereocenters. The maximum Gasteiger partial charge on any atom is 0.256 e. The van der Waals surface area contributed by atoms with Gasteiger partial charge in [0.2, 0.25) is 0 Å². The first-order valence-electron chi connectivity index (χ1n) is 11.8. The molecule has 0 saturated heterocycles. The summed E-state index contributed by atoms with van der Waals surface area (Å²) in [5.74, 6) is 0.431. The van der Waals surface area contributed by atoms with Gasteiger partial charge in [0, 0.05) is 18.7 Å². The maximum atomic E-state index is 13.5. The summed E-state index contributed by atoms with van der Waals surface area (Å²) in [4.78, 5) is 20.6. The molecule has 2 aromatic carbocycles. The van der Waals surface area contributed by atoms with Crippen LogP contribution in [0.15, 0.2) is 66.9 Å². The molecule has 0 spiro atoms. The molecule has 0 saturated carbocycles. The van der Waals surface area contributed by atoms with Crippen LogP contribution in [0.4, 0.5) is 5.69 Å². The lowest BCUT2D eigenvalue weighted by Gasteiger charge is -2.19. The number of carbonyl (C=O) groups is 1. The number of para-hydroxylation sites is 2. The maximum absolute atomic E-state index is 13.5. The highest BCUT2D eigenvalue weighted by molar-refractivity contribution is 6.13. The number of aromatic nitrogens is 3. The van der Waals surface area contributed by atoms with Crippen LogP contribution < -0.4 is 10.1 Å². The van der Waals surface area contributed by atoms with Crippen LogP contribution in [0.2, 0.25) is 0 Å². The van der Waals surface area contributed by atoms with Gasteiger partial charge in [0.1, 0.15) is 12.4 Å². The minimum absolute atomic E-state index is 0.222. The number of ether oxygens (including phenoxy) is 1. The van der Waals surface area contributed by atoms with Crippen molar-refractivity contribution in [3.63, 3.8) is 0 Å². The van der Waals surface area contributed by atoms with E-state index in [9.17, 15) is 4.79 Å². The van der Waals surface area contributed by atoms with Gasteiger partial charge < -0.3 is 15.0 Å². The molecule has 1 N–H and O–H groups in total. The molecule has 0 bridgehead atoms. The van der Waals surface area contributed by atoms with Gasteiger partial charge >= 0.3 is 0 Å². The minimum Gasteiger partial charge on any atom is -0.490 e. The Kier molecular flexibility index (Phi) is 7.54. The lowest BCUT2D eigenvalue weighted by Crippen LogP contribution is -2.28. The normalized spacial score (nSPS) is 11.2. The summed E-state index contributed by atoms with van der Waals surface area (Å²) < 4.78 is 7.83. The van der Waals surface area contributed by atoms with E-state index in [0.717, 1.165) is 36.3 Å². The van der Waals surface area contributed by atoms with Crippen LogP contribution in [0.5, 0.6) is 5.75 Å². The minimum atomic E-state index is -0.222. The van der Waals surface area contributed by atoms with Crippen LogP contribution in [0.25, 0.3) is 22.3 Å². The molecule has 0 aliphatic heterocycles. The molecule has 0 fully saturated rings. The summed E-state index contributed by atoms with van der Waals surface area (Å²) in [7, 11) is 0. The molecule has 2 aromatic heterocycles. The Morgan fingerprint density at radius 3 is 2.50 bits per heavy atom. The highest BCUT2D eigenvalue weighted by atomic mass is 16.5. The number of aryl methyl sites for hydroxylation is 1. The number of hydrogen-bond acceptors (Lipinski definition) is 5. The molecule has 4 rings (SSSR count). The number of benzene rings is 2. The fraction of sp³-hybridized carbons (Fsp3) is 0.296. The van der Waals surface area contributed by atoms with Crippen molar-refractivity contribution in [1.82, 2.24) is 19.7 Å². The van der Waals surface area contributed by atoms with Gasteiger partial charge in [-0.15, -0.1) is 0 Å². The largest absolute Gasteiger partial charge is 0.490 e. The molecular weight excluding hydrogens is 426 g/mol. The number of fused-ring (bicyclic) bond motifs is 1. The molecule has 0 radical (unpaired) electrons. The quantitative estimate of drug-likeness (QED) is 0.359. The van der Waals surface area contributed by atoms with Gasteiger partial charge in [-0.1, -0.05) is 56.3 Å². The van der Waals surface area contributed by atoms with Gasteiger partial charge in [0.15, 0.2) is 5.65 Å². The fourth-order valence-corrected chi connectivity index (χ4v) is 3.93. The molecule has 4 aromatic rings. The van der Waals surface area contributed by atoms with E-state index in [4.69, 9.17) is 9.72 Å². The summed E-state index contributed by atoms with van der Waals surface area (Å²) >= 11 is 0. The van der Waals surface area contributed by atoms with E-state index in [-0.39, 0.29) is 5.91 Å². The second-order valence-corrected chi connectivity index (χ2v) is 7.94. The van der Waals surface area contributed by atoms with Crippen molar-refractivity contribution in [3.05, 3.63) is 72.4 Å². The number of carbonyl (C=O) groups excluding carboxylic acids is 1. The SMILES string of the molecule is CCN(CC)CCOc1ccccc1NC(=O)c1cc(-c2ccccc2)nc2c1cnn2CC. The summed E-state index contributed by atoms with van der Waals surface area (Å²) in [5, 5.41) is 8.20. The third kappa shape index (κ3) is 5.10. The monoisotopic (exact) mass is 457 g/mol. The predicted molar refractivity (Wildman–Crippen MR) is 136 cm³/mol. The van der Waals surface area contributed by atoms with Crippen molar-refractivity contribution >= 4 is 22.6 Å². The fourth-order valence-electron chi connectivity index (χ4n) is 3.93. The zero-order valence-electron chi connectivity index (χ0n) is 20.0. The number of nitrogens with one attached hydrogen (secondary N) is 1. The Hall–Kier alpha value is -3.71. The average molecular weight is 458 g/mol. The summed E-state index contributed by atoms with van der Waals surface area (Å²) in [5.41, 5.74) is 3.54.